The molecule has 2 amide bonds. The van der Waals surface area contributed by atoms with E-state index in [9.17, 15) is 4.79 Å². The minimum atomic E-state index is -0.210. The number of benzene rings is 2. The van der Waals surface area contributed by atoms with Crippen LogP contribution in [0.4, 0.5) is 10.5 Å². The highest BCUT2D eigenvalue weighted by molar-refractivity contribution is 7.80. The summed E-state index contributed by atoms with van der Waals surface area (Å²) >= 11 is 4.29. The number of para-hydroxylation sites is 1. The maximum atomic E-state index is 11.8. The van der Waals surface area contributed by atoms with Gasteiger partial charge in [-0.15, -0.1) is 12.6 Å². The molecule has 4 heteroatoms. The average Bonchev–Trinajstić information content (AvgIpc) is 2.44. The molecule has 0 heterocycles. The summed E-state index contributed by atoms with van der Waals surface area (Å²) in [6, 6.07) is 15.5. The summed E-state index contributed by atoms with van der Waals surface area (Å²) in [6.07, 6.45) is 0.816. The number of aryl methyl sites for hydroxylation is 1. The van der Waals surface area contributed by atoms with Gasteiger partial charge in [-0.25, -0.2) is 4.79 Å². The highest BCUT2D eigenvalue weighted by Crippen LogP contribution is 2.18. The second-order valence-corrected chi connectivity index (χ2v) is 5.12. The third-order valence-corrected chi connectivity index (χ3v) is 3.36. The third kappa shape index (κ3) is 4.31. The predicted molar refractivity (Wildman–Crippen MR) is 85.6 cm³/mol. The number of carbonyl (C=O) groups excluding carboxylic acids is 1. The second-order valence-electron chi connectivity index (χ2n) is 4.63. The predicted octanol–water partition coefficient (Wildman–Crippen LogP) is 3.65. The van der Waals surface area contributed by atoms with Crippen LogP contribution in [-0.4, -0.2) is 12.6 Å². The molecule has 0 saturated heterocycles. The molecule has 0 saturated carbocycles. The van der Waals surface area contributed by atoms with Crippen LogP contribution in [0.15, 0.2) is 53.4 Å². The first-order chi connectivity index (χ1) is 9.65. The number of amides is 2. The van der Waals surface area contributed by atoms with Crippen molar-refractivity contribution in [3.8, 4) is 0 Å². The Labute approximate surface area is 124 Å². The molecule has 0 bridgehead atoms. The van der Waals surface area contributed by atoms with Crippen molar-refractivity contribution in [1.29, 1.82) is 0 Å². The molecule has 0 spiro atoms. The standard InChI is InChI=1S/C16H18N2OS/c1-12-6-8-13(9-7-12)10-11-17-16(19)18-14-4-2-3-5-15(14)20/h2-9,20H,10-11H2,1H3,(H2,17,18,19). The molecule has 0 atom stereocenters. The van der Waals surface area contributed by atoms with E-state index in [0.29, 0.717) is 12.2 Å². The minimum absolute atomic E-state index is 0.210. The number of hydrogen-bond acceptors (Lipinski definition) is 2. The fraction of sp³-hybridized carbons (Fsp3) is 0.188. The second kappa shape index (κ2) is 7.01. The quantitative estimate of drug-likeness (QED) is 0.738. The highest BCUT2D eigenvalue weighted by atomic mass is 32.1. The van der Waals surface area contributed by atoms with Gasteiger partial charge in [-0.1, -0.05) is 42.0 Å². The smallest absolute Gasteiger partial charge is 0.319 e. The molecule has 2 aromatic rings. The molecule has 0 aliphatic heterocycles. The molecule has 2 N–H and O–H groups in total. The fourth-order valence-electron chi connectivity index (χ4n) is 1.82. The Bertz CT molecular complexity index is 581. The van der Waals surface area contributed by atoms with Crippen LogP contribution in [-0.2, 0) is 6.42 Å². The van der Waals surface area contributed by atoms with E-state index in [4.69, 9.17) is 0 Å². The lowest BCUT2D eigenvalue weighted by molar-refractivity contribution is 0.252. The van der Waals surface area contributed by atoms with Gasteiger partial charge in [0.25, 0.3) is 0 Å². The molecule has 3 nitrogen and oxygen atoms in total. The van der Waals surface area contributed by atoms with Gasteiger partial charge in [-0.3, -0.25) is 0 Å². The van der Waals surface area contributed by atoms with E-state index < -0.39 is 0 Å². The molecule has 0 unspecified atom stereocenters. The Morgan fingerprint density at radius 1 is 1.10 bits per heavy atom. The molecule has 0 fully saturated rings. The molecular weight excluding hydrogens is 268 g/mol. The molecule has 0 aromatic heterocycles. The Kier molecular flexibility index (Phi) is 5.07. The number of carbonyl (C=O) groups is 1. The molecule has 104 valence electrons. The van der Waals surface area contributed by atoms with Crippen molar-refractivity contribution in [2.45, 2.75) is 18.2 Å². The summed E-state index contributed by atoms with van der Waals surface area (Å²) in [5, 5.41) is 5.62. The van der Waals surface area contributed by atoms with Crippen molar-refractivity contribution in [2.24, 2.45) is 0 Å². The number of thiol groups is 1. The first-order valence-corrected chi connectivity index (χ1v) is 6.98. The van der Waals surface area contributed by atoms with Crippen molar-refractivity contribution in [3.05, 3.63) is 59.7 Å². The Morgan fingerprint density at radius 2 is 1.80 bits per heavy atom. The summed E-state index contributed by atoms with van der Waals surface area (Å²) < 4.78 is 0. The largest absolute Gasteiger partial charge is 0.338 e. The number of nitrogens with one attached hydrogen (secondary N) is 2. The Hall–Kier alpha value is -1.94. The highest BCUT2D eigenvalue weighted by Gasteiger charge is 2.03. The summed E-state index contributed by atoms with van der Waals surface area (Å²) in [5.41, 5.74) is 3.17. The van der Waals surface area contributed by atoms with Crippen molar-refractivity contribution >= 4 is 24.3 Å². The molecule has 2 aromatic carbocycles. The zero-order valence-corrected chi connectivity index (χ0v) is 12.3. The third-order valence-electron chi connectivity index (χ3n) is 2.97. The van der Waals surface area contributed by atoms with E-state index in [2.05, 4.69) is 54.5 Å². The first kappa shape index (κ1) is 14.5. The fourth-order valence-corrected chi connectivity index (χ4v) is 2.04. The van der Waals surface area contributed by atoms with Gasteiger partial charge in [0.1, 0.15) is 0 Å². The maximum Gasteiger partial charge on any atom is 0.319 e. The zero-order valence-electron chi connectivity index (χ0n) is 11.4. The number of urea groups is 1. The van der Waals surface area contributed by atoms with Gasteiger partial charge in [0, 0.05) is 11.4 Å². The van der Waals surface area contributed by atoms with E-state index >= 15 is 0 Å². The lowest BCUT2D eigenvalue weighted by atomic mass is 10.1. The van der Waals surface area contributed by atoms with Crippen molar-refractivity contribution in [2.75, 3.05) is 11.9 Å². The van der Waals surface area contributed by atoms with E-state index in [-0.39, 0.29) is 6.03 Å². The van der Waals surface area contributed by atoms with Gasteiger partial charge in [-0.05, 0) is 31.0 Å². The van der Waals surface area contributed by atoms with Crippen molar-refractivity contribution in [1.82, 2.24) is 5.32 Å². The van der Waals surface area contributed by atoms with Crippen molar-refractivity contribution < 1.29 is 4.79 Å². The minimum Gasteiger partial charge on any atom is -0.338 e. The van der Waals surface area contributed by atoms with Crippen LogP contribution >= 0.6 is 12.6 Å². The lowest BCUT2D eigenvalue weighted by Crippen LogP contribution is -2.30. The van der Waals surface area contributed by atoms with Crippen molar-refractivity contribution in [3.63, 3.8) is 0 Å². The average molecular weight is 286 g/mol. The SMILES string of the molecule is Cc1ccc(CCNC(=O)Nc2ccccc2S)cc1. The van der Waals surface area contributed by atoms with Gasteiger partial charge in [0.15, 0.2) is 0 Å². The Balaban J connectivity index is 1.78. The van der Waals surface area contributed by atoms with Crippen LogP contribution in [0, 0.1) is 6.92 Å². The van der Waals surface area contributed by atoms with Crippen LogP contribution in [0.1, 0.15) is 11.1 Å². The monoisotopic (exact) mass is 286 g/mol. The van der Waals surface area contributed by atoms with E-state index in [1.807, 2.05) is 24.3 Å². The maximum absolute atomic E-state index is 11.8. The Morgan fingerprint density at radius 3 is 2.50 bits per heavy atom. The molecule has 0 aliphatic rings. The number of anilines is 1. The molecular formula is C16H18N2OS. The van der Waals surface area contributed by atoms with Crippen LogP contribution in [0.3, 0.4) is 0 Å². The summed E-state index contributed by atoms with van der Waals surface area (Å²) in [6.45, 7) is 2.66. The van der Waals surface area contributed by atoms with Crippen LogP contribution in [0.5, 0.6) is 0 Å². The van der Waals surface area contributed by atoms with Crippen LogP contribution in [0.25, 0.3) is 0 Å². The summed E-state index contributed by atoms with van der Waals surface area (Å²) in [4.78, 5) is 12.5. The lowest BCUT2D eigenvalue weighted by Gasteiger charge is -2.09. The molecule has 0 aliphatic carbocycles. The van der Waals surface area contributed by atoms with Crippen LogP contribution < -0.4 is 10.6 Å². The van der Waals surface area contributed by atoms with Crippen LogP contribution in [0.2, 0.25) is 0 Å². The molecule has 0 radical (unpaired) electrons. The van der Waals surface area contributed by atoms with E-state index in [1.54, 1.807) is 0 Å². The summed E-state index contributed by atoms with van der Waals surface area (Å²) in [5.74, 6) is 0. The summed E-state index contributed by atoms with van der Waals surface area (Å²) in [7, 11) is 0. The van der Waals surface area contributed by atoms with Gasteiger partial charge >= 0.3 is 6.03 Å². The zero-order chi connectivity index (χ0) is 14.4. The van der Waals surface area contributed by atoms with E-state index in [0.717, 1.165) is 11.3 Å². The number of rotatable bonds is 4. The van der Waals surface area contributed by atoms with Gasteiger partial charge in [0.05, 0.1) is 5.69 Å². The van der Waals surface area contributed by atoms with Gasteiger partial charge in [0.2, 0.25) is 0 Å². The number of hydrogen-bond donors (Lipinski definition) is 3. The van der Waals surface area contributed by atoms with Gasteiger partial charge < -0.3 is 10.6 Å². The van der Waals surface area contributed by atoms with Gasteiger partial charge in [-0.2, -0.15) is 0 Å². The first-order valence-electron chi connectivity index (χ1n) is 6.53. The normalized spacial score (nSPS) is 10.1. The topological polar surface area (TPSA) is 41.1 Å². The van der Waals surface area contributed by atoms with E-state index in [1.165, 1.54) is 11.1 Å². The molecule has 20 heavy (non-hydrogen) atoms. The molecule has 2 rings (SSSR count).